The minimum Gasteiger partial charge on any atom is -0.380 e. The second-order valence-electron chi connectivity index (χ2n) is 6.48. The van der Waals surface area contributed by atoms with Crippen molar-refractivity contribution >= 4 is 17.6 Å². The number of ether oxygens (including phenoxy) is 1. The highest BCUT2D eigenvalue weighted by atomic mass is 16.5. The molecule has 4 rings (SSSR count). The van der Waals surface area contributed by atoms with Crippen LogP contribution in [0.25, 0.3) is 0 Å². The molecule has 0 N–H and O–H groups in total. The molecule has 0 saturated carbocycles. The molecule has 3 aliphatic rings. The van der Waals surface area contributed by atoms with E-state index in [4.69, 9.17) is 4.74 Å². The Morgan fingerprint density at radius 2 is 1.91 bits per heavy atom. The van der Waals surface area contributed by atoms with E-state index in [9.17, 15) is 9.59 Å². The van der Waals surface area contributed by atoms with E-state index in [1.54, 1.807) is 12.0 Å². The Morgan fingerprint density at radius 1 is 1.13 bits per heavy atom. The number of amides is 3. The first-order valence-electron chi connectivity index (χ1n) is 8.15. The number of benzene rings is 1. The summed E-state index contributed by atoms with van der Waals surface area (Å²) in [6.45, 7) is 2.12. The van der Waals surface area contributed by atoms with Crippen LogP contribution in [0.3, 0.4) is 0 Å². The van der Waals surface area contributed by atoms with Crippen molar-refractivity contribution in [1.82, 2.24) is 9.80 Å². The van der Waals surface area contributed by atoms with Gasteiger partial charge in [-0.1, -0.05) is 18.2 Å². The first kappa shape index (κ1) is 14.5. The van der Waals surface area contributed by atoms with Gasteiger partial charge in [-0.2, -0.15) is 0 Å². The van der Waals surface area contributed by atoms with Crippen LogP contribution < -0.4 is 4.90 Å². The number of carbonyl (C=O) groups excluding carboxylic acids is 2. The summed E-state index contributed by atoms with van der Waals surface area (Å²) in [7, 11) is 1.63. The van der Waals surface area contributed by atoms with Crippen molar-refractivity contribution in [2.75, 3.05) is 31.6 Å². The lowest BCUT2D eigenvalue weighted by Gasteiger charge is -2.24. The van der Waals surface area contributed by atoms with Crippen molar-refractivity contribution in [3.8, 4) is 0 Å². The Balaban J connectivity index is 1.48. The Labute approximate surface area is 135 Å². The van der Waals surface area contributed by atoms with Crippen molar-refractivity contribution in [3.63, 3.8) is 0 Å². The molecule has 122 valence electrons. The SMILES string of the molecule is CO[C@@H]1C[C@@H]2C(=O)N([C@@H]3CCN(c4ccccc4)C3)C(=O)N2C1. The van der Waals surface area contributed by atoms with Crippen molar-refractivity contribution in [2.24, 2.45) is 0 Å². The van der Waals surface area contributed by atoms with Gasteiger partial charge < -0.3 is 14.5 Å². The van der Waals surface area contributed by atoms with E-state index in [0.29, 0.717) is 13.0 Å². The highest BCUT2D eigenvalue weighted by Crippen LogP contribution is 2.33. The molecule has 3 aliphatic heterocycles. The number of hydrogen-bond acceptors (Lipinski definition) is 4. The second-order valence-corrected chi connectivity index (χ2v) is 6.48. The summed E-state index contributed by atoms with van der Waals surface area (Å²) < 4.78 is 5.31. The number of para-hydroxylation sites is 1. The molecule has 1 aromatic carbocycles. The molecular formula is C17H21N3O3. The number of hydrogen-bond donors (Lipinski definition) is 0. The van der Waals surface area contributed by atoms with Gasteiger partial charge in [0.25, 0.3) is 5.91 Å². The van der Waals surface area contributed by atoms with E-state index in [2.05, 4.69) is 17.0 Å². The van der Waals surface area contributed by atoms with Gasteiger partial charge >= 0.3 is 6.03 Å². The maximum Gasteiger partial charge on any atom is 0.327 e. The maximum atomic E-state index is 12.7. The van der Waals surface area contributed by atoms with Crippen LogP contribution in [0.5, 0.6) is 0 Å². The Morgan fingerprint density at radius 3 is 2.61 bits per heavy atom. The topological polar surface area (TPSA) is 53.1 Å². The molecule has 23 heavy (non-hydrogen) atoms. The summed E-state index contributed by atoms with van der Waals surface area (Å²) in [5.74, 6) is -0.0468. The number of imide groups is 1. The highest BCUT2D eigenvalue weighted by Gasteiger charge is 2.53. The fourth-order valence-corrected chi connectivity index (χ4v) is 3.97. The summed E-state index contributed by atoms with van der Waals surface area (Å²) in [4.78, 5) is 30.7. The largest absolute Gasteiger partial charge is 0.380 e. The zero-order valence-electron chi connectivity index (χ0n) is 13.2. The van der Waals surface area contributed by atoms with Crippen molar-refractivity contribution < 1.29 is 14.3 Å². The summed E-state index contributed by atoms with van der Waals surface area (Å²) in [6.07, 6.45) is 1.44. The molecular weight excluding hydrogens is 294 g/mol. The molecule has 6 nitrogen and oxygen atoms in total. The summed E-state index contributed by atoms with van der Waals surface area (Å²) in [5.41, 5.74) is 1.15. The number of fused-ring (bicyclic) bond motifs is 1. The van der Waals surface area contributed by atoms with Gasteiger partial charge in [0.05, 0.1) is 12.1 Å². The van der Waals surface area contributed by atoms with Crippen LogP contribution in [0, 0.1) is 0 Å². The summed E-state index contributed by atoms with van der Waals surface area (Å²) in [5, 5.41) is 0. The number of anilines is 1. The molecule has 0 aromatic heterocycles. The Hall–Kier alpha value is -2.08. The third kappa shape index (κ3) is 2.28. The molecule has 0 spiro atoms. The molecule has 3 atom stereocenters. The molecule has 3 saturated heterocycles. The monoisotopic (exact) mass is 315 g/mol. The predicted octanol–water partition coefficient (Wildman–Crippen LogP) is 1.32. The average molecular weight is 315 g/mol. The molecule has 3 amide bonds. The van der Waals surface area contributed by atoms with E-state index < -0.39 is 0 Å². The van der Waals surface area contributed by atoms with Crippen LogP contribution in [0.1, 0.15) is 12.8 Å². The first-order chi connectivity index (χ1) is 11.2. The van der Waals surface area contributed by atoms with Crippen molar-refractivity contribution in [1.29, 1.82) is 0 Å². The molecule has 0 bridgehead atoms. The van der Waals surface area contributed by atoms with Crippen LogP contribution in [0.2, 0.25) is 0 Å². The van der Waals surface area contributed by atoms with Gasteiger partial charge in [0, 0.05) is 38.9 Å². The molecule has 0 aliphatic carbocycles. The van der Waals surface area contributed by atoms with Gasteiger partial charge in [-0.15, -0.1) is 0 Å². The summed E-state index contributed by atoms with van der Waals surface area (Å²) in [6, 6.07) is 9.66. The van der Waals surface area contributed by atoms with Gasteiger partial charge in [0.15, 0.2) is 0 Å². The number of urea groups is 1. The van der Waals surface area contributed by atoms with Crippen LogP contribution in [0.4, 0.5) is 10.5 Å². The average Bonchev–Trinajstić information content (AvgIpc) is 3.26. The van der Waals surface area contributed by atoms with Gasteiger partial charge in [-0.05, 0) is 18.6 Å². The lowest BCUT2D eigenvalue weighted by atomic mass is 10.1. The molecule has 6 heteroatoms. The zero-order valence-corrected chi connectivity index (χ0v) is 13.2. The number of carbonyl (C=O) groups is 2. The predicted molar refractivity (Wildman–Crippen MR) is 85.2 cm³/mol. The number of nitrogens with zero attached hydrogens (tertiary/aromatic N) is 3. The summed E-state index contributed by atoms with van der Waals surface area (Å²) >= 11 is 0. The standard InChI is InChI=1S/C17H21N3O3/c1-23-14-9-15-16(21)20(17(22)19(15)11-14)13-7-8-18(10-13)12-5-3-2-4-6-12/h2-6,13-15H,7-11H2,1H3/t13-,14-,15-/m1/s1. The van der Waals surface area contributed by atoms with Crippen LogP contribution in [-0.2, 0) is 9.53 Å². The quantitative estimate of drug-likeness (QED) is 0.790. The van der Waals surface area contributed by atoms with Gasteiger partial charge in [-0.25, -0.2) is 4.79 Å². The number of methoxy groups -OCH3 is 1. The second kappa shape index (κ2) is 5.53. The maximum absolute atomic E-state index is 12.7. The van der Waals surface area contributed by atoms with Gasteiger partial charge in [0.2, 0.25) is 0 Å². The normalized spacial score (nSPS) is 30.5. The fraction of sp³-hybridized carbons (Fsp3) is 0.529. The molecule has 0 unspecified atom stereocenters. The molecule has 3 heterocycles. The lowest BCUT2D eigenvalue weighted by molar-refractivity contribution is -0.129. The van der Waals surface area contributed by atoms with Gasteiger partial charge in [-0.3, -0.25) is 9.69 Å². The fourth-order valence-electron chi connectivity index (χ4n) is 3.97. The van der Waals surface area contributed by atoms with Crippen LogP contribution in [0.15, 0.2) is 30.3 Å². The van der Waals surface area contributed by atoms with Gasteiger partial charge in [0.1, 0.15) is 6.04 Å². The zero-order chi connectivity index (χ0) is 16.0. The Bertz CT molecular complexity index is 597. The van der Waals surface area contributed by atoms with E-state index in [-0.39, 0.29) is 30.1 Å². The van der Waals surface area contributed by atoms with Crippen molar-refractivity contribution in [3.05, 3.63) is 30.3 Å². The molecule has 3 fully saturated rings. The van der Waals surface area contributed by atoms with Crippen LogP contribution in [-0.4, -0.2) is 66.7 Å². The van der Waals surface area contributed by atoms with E-state index in [1.807, 2.05) is 18.2 Å². The Kier molecular flexibility index (Phi) is 3.49. The first-order valence-corrected chi connectivity index (χ1v) is 8.15. The lowest BCUT2D eigenvalue weighted by Crippen LogP contribution is -2.44. The minimum atomic E-state index is -0.321. The highest BCUT2D eigenvalue weighted by molar-refractivity contribution is 6.05. The van der Waals surface area contributed by atoms with E-state index in [1.165, 1.54) is 4.90 Å². The third-order valence-electron chi connectivity index (χ3n) is 5.22. The van der Waals surface area contributed by atoms with Crippen molar-refractivity contribution in [2.45, 2.75) is 31.0 Å². The molecule has 0 radical (unpaired) electrons. The molecule has 1 aromatic rings. The number of rotatable bonds is 3. The smallest absolute Gasteiger partial charge is 0.327 e. The third-order valence-corrected chi connectivity index (χ3v) is 5.22. The van der Waals surface area contributed by atoms with Crippen LogP contribution >= 0.6 is 0 Å². The van der Waals surface area contributed by atoms with E-state index in [0.717, 1.165) is 25.2 Å². The van der Waals surface area contributed by atoms with E-state index >= 15 is 0 Å². The minimum absolute atomic E-state index is 0.0144.